The first kappa shape index (κ1) is 19.6. The van der Waals surface area contributed by atoms with Gasteiger partial charge in [0.25, 0.3) is 0 Å². The fourth-order valence-corrected chi connectivity index (χ4v) is 9.50. The van der Waals surface area contributed by atoms with Crippen LogP contribution in [0.25, 0.3) is 0 Å². The van der Waals surface area contributed by atoms with Gasteiger partial charge in [-0.3, -0.25) is 0 Å². The van der Waals surface area contributed by atoms with Gasteiger partial charge in [0, 0.05) is 0 Å². The molecular formula is C26H32Si. The van der Waals surface area contributed by atoms with Crippen LogP contribution in [-0.2, 0) is 18.1 Å². The first-order valence-corrected chi connectivity index (χ1v) is 13.2. The predicted octanol–water partition coefficient (Wildman–Crippen LogP) is 6.97. The molecule has 0 heterocycles. The van der Waals surface area contributed by atoms with Gasteiger partial charge in [0.05, 0.1) is 8.07 Å². The highest BCUT2D eigenvalue weighted by Gasteiger charge is 2.33. The van der Waals surface area contributed by atoms with Crippen molar-refractivity contribution in [3.8, 4) is 0 Å². The van der Waals surface area contributed by atoms with Crippen LogP contribution in [0.4, 0.5) is 0 Å². The number of hydrogen-bond donors (Lipinski definition) is 0. The number of rotatable bonds is 10. The Labute approximate surface area is 166 Å². The highest BCUT2D eigenvalue weighted by molar-refractivity contribution is 6.78. The molecule has 0 fully saturated rings. The van der Waals surface area contributed by atoms with E-state index in [9.17, 15) is 0 Å². The lowest BCUT2D eigenvalue weighted by molar-refractivity contribution is 0.754. The van der Waals surface area contributed by atoms with Crippen molar-refractivity contribution in [1.29, 1.82) is 0 Å². The van der Waals surface area contributed by atoms with Crippen molar-refractivity contribution < 1.29 is 0 Å². The number of benzene rings is 3. The quantitative estimate of drug-likeness (QED) is 0.266. The molecule has 0 N–H and O–H groups in total. The van der Waals surface area contributed by atoms with Gasteiger partial charge >= 0.3 is 0 Å². The molecule has 0 aliphatic heterocycles. The van der Waals surface area contributed by atoms with Crippen molar-refractivity contribution in [3.05, 3.63) is 108 Å². The zero-order valence-corrected chi connectivity index (χ0v) is 17.6. The van der Waals surface area contributed by atoms with Crippen LogP contribution in [0, 0.1) is 0 Å². The minimum Gasteiger partial charge on any atom is -0.0654 e. The monoisotopic (exact) mass is 372 g/mol. The van der Waals surface area contributed by atoms with E-state index in [1.54, 1.807) is 0 Å². The molecule has 0 aromatic heterocycles. The summed E-state index contributed by atoms with van der Waals surface area (Å²) in [4.78, 5) is 0. The molecule has 0 atom stereocenters. The van der Waals surface area contributed by atoms with E-state index in [-0.39, 0.29) is 0 Å². The number of unbranched alkanes of at least 4 members (excludes halogenated alkanes) is 2. The first-order valence-electron chi connectivity index (χ1n) is 10.4. The summed E-state index contributed by atoms with van der Waals surface area (Å²) >= 11 is 0. The highest BCUT2D eigenvalue weighted by Crippen LogP contribution is 2.28. The van der Waals surface area contributed by atoms with Gasteiger partial charge in [-0.1, -0.05) is 140 Å². The Hall–Kier alpha value is -2.12. The summed E-state index contributed by atoms with van der Waals surface area (Å²) in [5, 5.41) is 0. The molecule has 27 heavy (non-hydrogen) atoms. The lowest BCUT2D eigenvalue weighted by atomic mass is 10.2. The van der Waals surface area contributed by atoms with Crippen molar-refractivity contribution in [1.82, 2.24) is 0 Å². The van der Waals surface area contributed by atoms with Crippen LogP contribution in [0.3, 0.4) is 0 Å². The van der Waals surface area contributed by atoms with Crippen LogP contribution in [0.15, 0.2) is 91.0 Å². The third-order valence-electron chi connectivity index (χ3n) is 5.58. The topological polar surface area (TPSA) is 0 Å². The smallest absolute Gasteiger partial charge is 0.0654 e. The molecule has 3 aromatic rings. The molecule has 0 spiro atoms. The molecule has 0 saturated carbocycles. The van der Waals surface area contributed by atoms with E-state index in [0.29, 0.717) is 0 Å². The van der Waals surface area contributed by atoms with Crippen LogP contribution < -0.4 is 0 Å². The zero-order valence-electron chi connectivity index (χ0n) is 16.6. The molecule has 140 valence electrons. The molecule has 3 rings (SSSR count). The Balaban J connectivity index is 1.93. The maximum Gasteiger partial charge on any atom is 0.0666 e. The van der Waals surface area contributed by atoms with Gasteiger partial charge in [-0.2, -0.15) is 0 Å². The summed E-state index contributed by atoms with van der Waals surface area (Å²) in [7, 11) is -1.56. The lowest BCUT2D eigenvalue weighted by Crippen LogP contribution is -2.43. The van der Waals surface area contributed by atoms with Crippen LogP contribution in [0.5, 0.6) is 0 Å². The molecule has 0 radical (unpaired) electrons. The van der Waals surface area contributed by atoms with E-state index in [1.807, 2.05) is 0 Å². The first-order chi connectivity index (χ1) is 13.3. The van der Waals surface area contributed by atoms with Gasteiger partial charge in [-0.05, 0) is 18.1 Å². The van der Waals surface area contributed by atoms with E-state index in [4.69, 9.17) is 0 Å². The molecule has 1 heteroatoms. The van der Waals surface area contributed by atoms with Crippen molar-refractivity contribution in [3.63, 3.8) is 0 Å². The van der Waals surface area contributed by atoms with E-state index in [2.05, 4.69) is 97.9 Å². The SMILES string of the molecule is CCCCC[Si](Cc1ccccc1)(Cc1ccccc1)Cc1ccccc1. The minimum atomic E-state index is -1.56. The van der Waals surface area contributed by atoms with Crippen LogP contribution in [-0.4, -0.2) is 8.07 Å². The van der Waals surface area contributed by atoms with Gasteiger partial charge < -0.3 is 0 Å². The molecule has 0 unspecified atom stereocenters. The lowest BCUT2D eigenvalue weighted by Gasteiger charge is -2.33. The van der Waals surface area contributed by atoms with Gasteiger partial charge in [-0.15, -0.1) is 0 Å². The highest BCUT2D eigenvalue weighted by atomic mass is 28.3. The summed E-state index contributed by atoms with van der Waals surface area (Å²) in [5.74, 6) is 0. The van der Waals surface area contributed by atoms with Crippen molar-refractivity contribution >= 4 is 8.07 Å². The maximum atomic E-state index is 2.33. The second-order valence-electron chi connectivity index (χ2n) is 7.94. The molecule has 0 aliphatic rings. The van der Waals surface area contributed by atoms with Crippen molar-refractivity contribution in [2.45, 2.75) is 50.4 Å². The summed E-state index contributed by atoms with van der Waals surface area (Å²) in [6.07, 6.45) is 4.02. The summed E-state index contributed by atoms with van der Waals surface area (Å²) in [6.45, 7) is 2.31. The second-order valence-corrected chi connectivity index (χ2v) is 12.5. The summed E-state index contributed by atoms with van der Waals surface area (Å²) in [5.41, 5.74) is 4.56. The Bertz CT molecular complexity index is 664. The summed E-state index contributed by atoms with van der Waals surface area (Å²) in [6, 6.07) is 38.9. The Kier molecular flexibility index (Phi) is 7.47. The molecular weight excluding hydrogens is 340 g/mol. The molecule has 0 nitrogen and oxygen atoms in total. The standard InChI is InChI=1S/C26H32Si/c1-2-3-13-20-27(21-24-14-7-4-8-15-24,22-25-16-9-5-10-17-25)23-26-18-11-6-12-19-26/h4-12,14-19H,2-3,13,20-23H2,1H3. The maximum absolute atomic E-state index is 2.33. The van der Waals surface area contributed by atoms with Gasteiger partial charge in [-0.25, -0.2) is 0 Å². The molecule has 0 saturated heterocycles. The van der Waals surface area contributed by atoms with E-state index >= 15 is 0 Å². The molecule has 0 bridgehead atoms. The Morgan fingerprint density at radius 1 is 0.519 bits per heavy atom. The third kappa shape index (κ3) is 6.22. The average molecular weight is 373 g/mol. The van der Waals surface area contributed by atoms with Gasteiger partial charge in [0.2, 0.25) is 0 Å². The van der Waals surface area contributed by atoms with Crippen molar-refractivity contribution in [2.75, 3.05) is 0 Å². The van der Waals surface area contributed by atoms with Gasteiger partial charge in [0.1, 0.15) is 0 Å². The third-order valence-corrected chi connectivity index (χ3v) is 10.5. The van der Waals surface area contributed by atoms with E-state index in [0.717, 1.165) is 0 Å². The van der Waals surface area contributed by atoms with Crippen LogP contribution in [0.2, 0.25) is 6.04 Å². The Morgan fingerprint density at radius 3 is 1.22 bits per heavy atom. The van der Waals surface area contributed by atoms with Crippen LogP contribution >= 0.6 is 0 Å². The molecule has 0 aliphatic carbocycles. The van der Waals surface area contributed by atoms with E-state index in [1.165, 1.54) is 60.1 Å². The fourth-order valence-electron chi connectivity index (χ4n) is 4.29. The molecule has 0 amide bonds. The van der Waals surface area contributed by atoms with E-state index < -0.39 is 8.07 Å². The fraction of sp³-hybridized carbons (Fsp3) is 0.308. The molecule has 3 aromatic carbocycles. The van der Waals surface area contributed by atoms with Gasteiger partial charge in [0.15, 0.2) is 0 Å². The second kappa shape index (κ2) is 10.3. The van der Waals surface area contributed by atoms with Crippen molar-refractivity contribution in [2.24, 2.45) is 0 Å². The largest absolute Gasteiger partial charge is 0.0666 e. The van der Waals surface area contributed by atoms with Crippen LogP contribution in [0.1, 0.15) is 42.9 Å². The predicted molar refractivity (Wildman–Crippen MR) is 121 cm³/mol. The zero-order chi connectivity index (χ0) is 18.8. The Morgan fingerprint density at radius 2 is 0.889 bits per heavy atom. The normalized spacial score (nSPS) is 11.4. The average Bonchev–Trinajstić information content (AvgIpc) is 2.70. The number of hydrogen-bond acceptors (Lipinski definition) is 0. The summed E-state index contributed by atoms with van der Waals surface area (Å²) < 4.78 is 0. The minimum absolute atomic E-state index is 1.28.